The van der Waals surface area contributed by atoms with Crippen LogP contribution in [0.3, 0.4) is 0 Å². The van der Waals surface area contributed by atoms with Gasteiger partial charge in [-0.15, -0.1) is 0 Å². The van der Waals surface area contributed by atoms with Crippen LogP contribution in [0, 0.1) is 0 Å². The monoisotopic (exact) mass is 212 g/mol. The van der Waals surface area contributed by atoms with E-state index in [-0.39, 0.29) is 6.04 Å². The summed E-state index contributed by atoms with van der Waals surface area (Å²) >= 11 is 0. The fourth-order valence-electron chi connectivity index (χ4n) is 1.05. The first-order valence-corrected chi connectivity index (χ1v) is 5.74. The highest BCUT2D eigenvalue weighted by atomic mass is 32.2. The van der Waals surface area contributed by atoms with Gasteiger partial charge >= 0.3 is 0 Å². The molecule has 78 valence electrons. The van der Waals surface area contributed by atoms with Crippen LogP contribution in [-0.4, -0.2) is 17.3 Å². The molecule has 2 N–H and O–H groups in total. The van der Waals surface area contributed by atoms with Gasteiger partial charge < -0.3 is 5.32 Å². The van der Waals surface area contributed by atoms with E-state index in [2.05, 4.69) is 10.0 Å². The number of anilines is 1. The lowest BCUT2D eigenvalue weighted by Gasteiger charge is -2.08. The van der Waals surface area contributed by atoms with E-state index < -0.39 is 11.0 Å². The lowest BCUT2D eigenvalue weighted by atomic mass is 10.3. The molecule has 0 amide bonds. The molecule has 0 bridgehead atoms. The smallest absolute Gasteiger partial charge is 0.125 e. The van der Waals surface area contributed by atoms with Crippen molar-refractivity contribution in [3.8, 4) is 0 Å². The first-order chi connectivity index (χ1) is 6.63. The second-order valence-corrected chi connectivity index (χ2v) is 4.56. The standard InChI is InChI=1S/C10H16N2OS/c1-8(2)12-14(13)10-6-4-5-9(7-10)11-3/h4-8,11-12H,1-3H3. The molecule has 1 aromatic rings. The van der Waals surface area contributed by atoms with E-state index in [0.717, 1.165) is 10.6 Å². The maximum absolute atomic E-state index is 11.7. The average Bonchev–Trinajstić information content (AvgIpc) is 2.17. The van der Waals surface area contributed by atoms with E-state index in [4.69, 9.17) is 0 Å². The summed E-state index contributed by atoms with van der Waals surface area (Å²) in [5.41, 5.74) is 0.974. The lowest BCUT2D eigenvalue weighted by Crippen LogP contribution is -2.25. The molecule has 14 heavy (non-hydrogen) atoms. The molecule has 0 spiro atoms. The van der Waals surface area contributed by atoms with E-state index in [1.807, 2.05) is 45.2 Å². The summed E-state index contributed by atoms with van der Waals surface area (Å²) in [6, 6.07) is 7.78. The molecule has 3 nitrogen and oxygen atoms in total. The second-order valence-electron chi connectivity index (χ2n) is 3.32. The third-order valence-corrected chi connectivity index (χ3v) is 3.05. The van der Waals surface area contributed by atoms with Crippen molar-refractivity contribution < 1.29 is 4.21 Å². The van der Waals surface area contributed by atoms with Gasteiger partial charge in [0.1, 0.15) is 11.0 Å². The second kappa shape index (κ2) is 5.12. The van der Waals surface area contributed by atoms with Crippen molar-refractivity contribution in [2.75, 3.05) is 12.4 Å². The van der Waals surface area contributed by atoms with Gasteiger partial charge in [-0.2, -0.15) is 0 Å². The predicted molar refractivity (Wildman–Crippen MR) is 60.7 cm³/mol. The van der Waals surface area contributed by atoms with Gasteiger partial charge in [0, 0.05) is 18.8 Å². The van der Waals surface area contributed by atoms with Gasteiger partial charge in [0.25, 0.3) is 0 Å². The van der Waals surface area contributed by atoms with Crippen LogP contribution in [-0.2, 0) is 11.0 Å². The van der Waals surface area contributed by atoms with Crippen LogP contribution >= 0.6 is 0 Å². The predicted octanol–water partition coefficient (Wildman–Crippen LogP) is 1.75. The van der Waals surface area contributed by atoms with Crippen LogP contribution in [0.25, 0.3) is 0 Å². The van der Waals surface area contributed by atoms with Crippen molar-refractivity contribution >= 4 is 16.7 Å². The Kier molecular flexibility index (Phi) is 4.10. The molecule has 1 aromatic carbocycles. The van der Waals surface area contributed by atoms with Crippen molar-refractivity contribution in [1.82, 2.24) is 4.72 Å². The third-order valence-electron chi connectivity index (χ3n) is 1.68. The van der Waals surface area contributed by atoms with Crippen LogP contribution in [0.2, 0.25) is 0 Å². The summed E-state index contributed by atoms with van der Waals surface area (Å²) in [7, 11) is 0.730. The van der Waals surface area contributed by atoms with Crippen LogP contribution < -0.4 is 10.0 Å². The summed E-state index contributed by atoms with van der Waals surface area (Å²) in [6.45, 7) is 3.94. The Balaban J connectivity index is 2.79. The molecule has 0 aliphatic rings. The highest BCUT2D eigenvalue weighted by Crippen LogP contribution is 2.12. The molecule has 0 saturated heterocycles. The number of benzene rings is 1. The Labute approximate surface area is 87.5 Å². The quantitative estimate of drug-likeness (QED) is 0.798. The zero-order valence-corrected chi connectivity index (χ0v) is 9.52. The molecule has 0 radical (unpaired) electrons. The Morgan fingerprint density at radius 2 is 2.07 bits per heavy atom. The molecule has 0 saturated carbocycles. The lowest BCUT2D eigenvalue weighted by molar-refractivity contribution is 0.656. The minimum Gasteiger partial charge on any atom is -0.388 e. The molecule has 4 heteroatoms. The van der Waals surface area contributed by atoms with Gasteiger partial charge in [0.2, 0.25) is 0 Å². The maximum atomic E-state index is 11.7. The minimum atomic E-state index is -1.12. The van der Waals surface area contributed by atoms with Gasteiger partial charge in [0.05, 0.1) is 4.90 Å². The number of nitrogens with one attached hydrogen (secondary N) is 2. The van der Waals surface area contributed by atoms with Crippen LogP contribution in [0.4, 0.5) is 5.69 Å². The summed E-state index contributed by atoms with van der Waals surface area (Å²) in [5, 5.41) is 3.01. The summed E-state index contributed by atoms with van der Waals surface area (Å²) in [4.78, 5) is 0.797. The van der Waals surface area contributed by atoms with Gasteiger partial charge in [-0.1, -0.05) is 6.07 Å². The zero-order valence-electron chi connectivity index (χ0n) is 8.70. The minimum absolute atomic E-state index is 0.217. The Bertz CT molecular complexity index is 326. The van der Waals surface area contributed by atoms with Crippen LogP contribution in [0.1, 0.15) is 13.8 Å². The number of hydrogen-bond acceptors (Lipinski definition) is 2. The summed E-state index contributed by atoms with van der Waals surface area (Å²) in [5.74, 6) is 0. The van der Waals surface area contributed by atoms with Crippen molar-refractivity contribution in [2.24, 2.45) is 0 Å². The Morgan fingerprint density at radius 3 is 2.64 bits per heavy atom. The highest BCUT2D eigenvalue weighted by Gasteiger charge is 2.04. The third kappa shape index (κ3) is 3.12. The first kappa shape index (κ1) is 11.2. The van der Waals surface area contributed by atoms with Gasteiger partial charge in [-0.05, 0) is 32.0 Å². The van der Waals surface area contributed by atoms with E-state index in [1.54, 1.807) is 0 Å². The Hall–Kier alpha value is -0.870. The molecular formula is C10H16N2OS. The topological polar surface area (TPSA) is 41.1 Å². The van der Waals surface area contributed by atoms with Crippen molar-refractivity contribution in [3.05, 3.63) is 24.3 Å². The van der Waals surface area contributed by atoms with Crippen molar-refractivity contribution in [1.29, 1.82) is 0 Å². The van der Waals surface area contributed by atoms with E-state index in [0.29, 0.717) is 0 Å². The van der Waals surface area contributed by atoms with Crippen molar-refractivity contribution in [2.45, 2.75) is 24.8 Å². The van der Waals surface area contributed by atoms with E-state index in [9.17, 15) is 4.21 Å². The highest BCUT2D eigenvalue weighted by molar-refractivity contribution is 7.83. The molecular weight excluding hydrogens is 196 g/mol. The fraction of sp³-hybridized carbons (Fsp3) is 0.400. The van der Waals surface area contributed by atoms with Gasteiger partial charge in [0.15, 0.2) is 0 Å². The maximum Gasteiger partial charge on any atom is 0.125 e. The van der Waals surface area contributed by atoms with Gasteiger partial charge in [-0.3, -0.25) is 0 Å². The van der Waals surface area contributed by atoms with Crippen LogP contribution in [0.15, 0.2) is 29.2 Å². The van der Waals surface area contributed by atoms with Crippen molar-refractivity contribution in [3.63, 3.8) is 0 Å². The average molecular weight is 212 g/mol. The van der Waals surface area contributed by atoms with E-state index in [1.165, 1.54) is 0 Å². The fourth-order valence-corrected chi connectivity index (χ4v) is 2.05. The largest absolute Gasteiger partial charge is 0.388 e. The molecule has 0 fully saturated rings. The van der Waals surface area contributed by atoms with Gasteiger partial charge in [-0.25, -0.2) is 8.93 Å². The first-order valence-electron chi connectivity index (χ1n) is 4.59. The summed E-state index contributed by atoms with van der Waals surface area (Å²) in [6.07, 6.45) is 0. The molecule has 1 rings (SSSR count). The zero-order chi connectivity index (χ0) is 10.6. The molecule has 1 atom stereocenters. The molecule has 0 aromatic heterocycles. The van der Waals surface area contributed by atoms with Crippen LogP contribution in [0.5, 0.6) is 0 Å². The van der Waals surface area contributed by atoms with E-state index >= 15 is 0 Å². The Morgan fingerprint density at radius 1 is 1.36 bits per heavy atom. The normalized spacial score (nSPS) is 12.9. The summed E-state index contributed by atoms with van der Waals surface area (Å²) < 4.78 is 14.7. The SMILES string of the molecule is CNc1cccc(S(=O)NC(C)C)c1. The molecule has 0 aliphatic carbocycles. The molecule has 0 heterocycles. The number of hydrogen-bond donors (Lipinski definition) is 2. The molecule has 1 unspecified atom stereocenters. The number of rotatable bonds is 4. The molecule has 0 aliphatic heterocycles.